The van der Waals surface area contributed by atoms with Crippen LogP contribution in [0.3, 0.4) is 0 Å². The van der Waals surface area contributed by atoms with Crippen molar-refractivity contribution in [1.29, 1.82) is 0 Å². The van der Waals surface area contributed by atoms with Crippen molar-refractivity contribution in [2.75, 3.05) is 32.1 Å². The highest BCUT2D eigenvalue weighted by atomic mass is 35.5. The number of aromatic nitrogens is 4. The number of likely N-dealkylation sites (N-methyl/N-ethyl adjacent to an activating group) is 1. The Labute approximate surface area is 182 Å². The molecule has 0 bridgehead atoms. The minimum atomic E-state index is -0.815. The van der Waals surface area contributed by atoms with Crippen LogP contribution in [0.5, 0.6) is 0 Å². The second kappa shape index (κ2) is 7.55. The number of rotatable bonds is 4. The number of nitrogens with zero attached hydrogens (tertiary/aromatic N) is 5. The Bertz CT molecular complexity index is 1280. The summed E-state index contributed by atoms with van der Waals surface area (Å²) in [6.45, 7) is 1.88. The third kappa shape index (κ3) is 3.51. The standard InChI is InChI=1S/C22H19ClF2N6/c1-30(2)13-10-31(11-13)12-5-21-20(26-8-12)4-3-19(28-21)15-9-27-29-22(15)14-6-16(23)18(25)7-17(14)24/h3-9,13H,10-11H2,1-2H3,(H,27,29). The van der Waals surface area contributed by atoms with Crippen LogP contribution in [-0.2, 0) is 0 Å². The lowest BCUT2D eigenvalue weighted by atomic mass is 10.0. The maximum atomic E-state index is 14.4. The van der Waals surface area contributed by atoms with Crippen LogP contribution in [0.25, 0.3) is 33.5 Å². The minimum absolute atomic E-state index is 0.103. The zero-order valence-electron chi connectivity index (χ0n) is 16.9. The molecule has 31 heavy (non-hydrogen) atoms. The van der Waals surface area contributed by atoms with E-state index in [-0.39, 0.29) is 10.6 Å². The molecule has 5 rings (SSSR count). The van der Waals surface area contributed by atoms with Crippen LogP contribution < -0.4 is 4.90 Å². The van der Waals surface area contributed by atoms with Crippen molar-refractivity contribution in [2.45, 2.75) is 6.04 Å². The number of hydrogen-bond donors (Lipinski definition) is 1. The lowest BCUT2D eigenvalue weighted by Crippen LogP contribution is -2.57. The lowest BCUT2D eigenvalue weighted by molar-refractivity contribution is 0.247. The Balaban J connectivity index is 1.52. The molecular formula is C22H19ClF2N6. The van der Waals surface area contributed by atoms with Crippen molar-refractivity contribution in [3.63, 3.8) is 0 Å². The first-order valence-electron chi connectivity index (χ1n) is 9.78. The highest BCUT2D eigenvalue weighted by molar-refractivity contribution is 6.31. The first-order chi connectivity index (χ1) is 14.9. The molecule has 1 aliphatic heterocycles. The van der Waals surface area contributed by atoms with E-state index in [4.69, 9.17) is 16.6 Å². The Morgan fingerprint density at radius 2 is 1.87 bits per heavy atom. The van der Waals surface area contributed by atoms with Gasteiger partial charge in [0.25, 0.3) is 0 Å². The monoisotopic (exact) mass is 440 g/mol. The fraction of sp³-hybridized carbons (Fsp3) is 0.227. The molecule has 0 aliphatic carbocycles. The molecular weight excluding hydrogens is 422 g/mol. The molecule has 0 saturated carbocycles. The van der Waals surface area contributed by atoms with Gasteiger partial charge in [0.1, 0.15) is 17.3 Å². The van der Waals surface area contributed by atoms with Crippen LogP contribution in [0, 0.1) is 11.6 Å². The first-order valence-corrected chi connectivity index (χ1v) is 10.2. The van der Waals surface area contributed by atoms with E-state index in [1.807, 2.05) is 18.3 Å². The second-order valence-corrected chi connectivity index (χ2v) is 8.25. The molecule has 3 aromatic heterocycles. The molecule has 0 atom stereocenters. The van der Waals surface area contributed by atoms with Crippen LogP contribution in [-0.4, -0.2) is 58.3 Å². The van der Waals surface area contributed by atoms with E-state index in [1.165, 1.54) is 6.07 Å². The number of benzene rings is 1. The highest BCUT2D eigenvalue weighted by Crippen LogP contribution is 2.34. The molecule has 1 aromatic carbocycles. The zero-order chi connectivity index (χ0) is 21.7. The van der Waals surface area contributed by atoms with E-state index < -0.39 is 11.6 Å². The van der Waals surface area contributed by atoms with Crippen LogP contribution in [0.2, 0.25) is 5.02 Å². The summed E-state index contributed by atoms with van der Waals surface area (Å²) < 4.78 is 28.0. The molecule has 1 saturated heterocycles. The van der Waals surface area contributed by atoms with E-state index in [9.17, 15) is 8.78 Å². The van der Waals surface area contributed by atoms with Crippen molar-refractivity contribution in [2.24, 2.45) is 0 Å². The van der Waals surface area contributed by atoms with Gasteiger partial charge in [0, 0.05) is 42.5 Å². The Morgan fingerprint density at radius 1 is 1.06 bits per heavy atom. The van der Waals surface area contributed by atoms with Crippen LogP contribution in [0.15, 0.2) is 42.7 Å². The lowest BCUT2D eigenvalue weighted by Gasteiger charge is -2.44. The summed E-state index contributed by atoms with van der Waals surface area (Å²) in [6.07, 6.45) is 3.49. The zero-order valence-corrected chi connectivity index (χ0v) is 17.7. The molecule has 0 radical (unpaired) electrons. The van der Waals surface area contributed by atoms with Crippen molar-refractivity contribution < 1.29 is 8.78 Å². The molecule has 6 nitrogen and oxygen atoms in total. The Hall–Kier alpha value is -3.10. The van der Waals surface area contributed by atoms with Gasteiger partial charge in [-0.1, -0.05) is 11.6 Å². The number of H-pyrrole nitrogens is 1. The maximum absolute atomic E-state index is 14.4. The average molecular weight is 441 g/mol. The molecule has 1 fully saturated rings. The first kappa shape index (κ1) is 19.8. The molecule has 0 unspecified atom stereocenters. The third-order valence-electron chi connectivity index (χ3n) is 5.66. The van der Waals surface area contributed by atoms with E-state index in [2.05, 4.69) is 39.1 Å². The number of fused-ring (bicyclic) bond motifs is 1. The van der Waals surface area contributed by atoms with Gasteiger partial charge in [-0.25, -0.2) is 13.8 Å². The van der Waals surface area contributed by atoms with E-state index in [0.29, 0.717) is 23.0 Å². The summed E-state index contributed by atoms with van der Waals surface area (Å²) in [5.41, 5.74) is 4.11. The quantitative estimate of drug-likeness (QED) is 0.477. The number of halogens is 3. The Morgan fingerprint density at radius 3 is 2.65 bits per heavy atom. The normalized spacial score (nSPS) is 14.5. The molecule has 158 valence electrons. The van der Waals surface area contributed by atoms with E-state index >= 15 is 0 Å². The number of pyridine rings is 2. The summed E-state index contributed by atoms with van der Waals surface area (Å²) in [7, 11) is 4.15. The fourth-order valence-electron chi connectivity index (χ4n) is 3.71. The summed E-state index contributed by atoms with van der Waals surface area (Å²) in [6, 6.07) is 8.20. The fourth-order valence-corrected chi connectivity index (χ4v) is 3.87. The summed E-state index contributed by atoms with van der Waals surface area (Å²) in [4.78, 5) is 13.7. The van der Waals surface area contributed by atoms with Crippen LogP contribution >= 0.6 is 11.6 Å². The van der Waals surface area contributed by atoms with Gasteiger partial charge in [-0.3, -0.25) is 10.1 Å². The van der Waals surface area contributed by atoms with Gasteiger partial charge < -0.3 is 9.80 Å². The average Bonchev–Trinajstić information content (AvgIpc) is 3.18. The topological polar surface area (TPSA) is 60.9 Å². The summed E-state index contributed by atoms with van der Waals surface area (Å²) >= 11 is 5.86. The maximum Gasteiger partial charge on any atom is 0.144 e. The van der Waals surface area contributed by atoms with Crippen LogP contribution in [0.4, 0.5) is 14.5 Å². The van der Waals surface area contributed by atoms with Gasteiger partial charge in [0.05, 0.1) is 33.6 Å². The molecule has 9 heteroatoms. The van der Waals surface area contributed by atoms with Crippen molar-refractivity contribution in [1.82, 2.24) is 25.1 Å². The van der Waals surface area contributed by atoms with Crippen LogP contribution in [0.1, 0.15) is 0 Å². The third-order valence-corrected chi connectivity index (χ3v) is 5.95. The van der Waals surface area contributed by atoms with Crippen molar-refractivity contribution >= 4 is 28.3 Å². The van der Waals surface area contributed by atoms with Gasteiger partial charge in [-0.2, -0.15) is 5.10 Å². The number of hydrogen-bond acceptors (Lipinski definition) is 5. The Kier molecular flexibility index (Phi) is 4.83. The molecule has 1 aliphatic rings. The number of nitrogens with one attached hydrogen (secondary N) is 1. The number of aromatic amines is 1. The van der Waals surface area contributed by atoms with Gasteiger partial charge in [0.2, 0.25) is 0 Å². The highest BCUT2D eigenvalue weighted by Gasteiger charge is 2.28. The van der Waals surface area contributed by atoms with Gasteiger partial charge in [-0.15, -0.1) is 0 Å². The van der Waals surface area contributed by atoms with Crippen molar-refractivity contribution in [3.8, 4) is 22.5 Å². The largest absolute Gasteiger partial charge is 0.367 e. The molecule has 0 spiro atoms. The number of anilines is 1. The summed E-state index contributed by atoms with van der Waals surface area (Å²) in [5, 5.41) is 6.73. The molecule has 4 heterocycles. The van der Waals surface area contributed by atoms with E-state index in [1.54, 1.807) is 12.3 Å². The second-order valence-electron chi connectivity index (χ2n) is 7.84. The molecule has 4 aromatic rings. The molecule has 1 N–H and O–H groups in total. The van der Waals surface area contributed by atoms with E-state index in [0.717, 1.165) is 35.9 Å². The minimum Gasteiger partial charge on any atom is -0.367 e. The molecule has 0 amide bonds. The predicted octanol–water partition coefficient (Wildman–Crippen LogP) is 4.37. The SMILES string of the molecule is CN(C)C1CN(c2cnc3ccc(-c4c[nH]nc4-c4cc(Cl)c(F)cc4F)nc3c2)C1. The van der Waals surface area contributed by atoms with Gasteiger partial charge in [0.15, 0.2) is 0 Å². The smallest absolute Gasteiger partial charge is 0.144 e. The van der Waals surface area contributed by atoms with Crippen molar-refractivity contribution in [3.05, 3.63) is 59.4 Å². The predicted molar refractivity (Wildman–Crippen MR) is 117 cm³/mol. The van der Waals surface area contributed by atoms with Gasteiger partial charge in [-0.05, 0) is 38.4 Å². The van der Waals surface area contributed by atoms with Gasteiger partial charge >= 0.3 is 0 Å². The summed E-state index contributed by atoms with van der Waals surface area (Å²) in [5.74, 6) is -1.56.